The van der Waals surface area contributed by atoms with Gasteiger partial charge in [-0.15, -0.1) is 0 Å². The number of amides is 1. The molecule has 5 unspecified atom stereocenters. The fourth-order valence-electron chi connectivity index (χ4n) is 8.07. The highest BCUT2D eigenvalue weighted by Crippen LogP contribution is 2.60. The lowest BCUT2D eigenvalue weighted by Gasteiger charge is -2.44. The molecule has 0 saturated heterocycles. The Morgan fingerprint density at radius 1 is 1.02 bits per heavy atom. The maximum absolute atomic E-state index is 12.4. The maximum Gasteiger partial charge on any atom is 0.407 e. The summed E-state index contributed by atoms with van der Waals surface area (Å²) in [5.74, 6) is 3.22. The van der Waals surface area contributed by atoms with Crippen LogP contribution in [0.25, 0.3) is 0 Å². The van der Waals surface area contributed by atoms with Gasteiger partial charge in [-0.25, -0.2) is 4.79 Å². The van der Waals surface area contributed by atoms with Gasteiger partial charge in [-0.2, -0.15) is 0 Å². The predicted octanol–water partition coefficient (Wildman–Crippen LogP) is 9.69. The third kappa shape index (κ3) is 9.78. The van der Waals surface area contributed by atoms with E-state index in [0.29, 0.717) is 12.0 Å². The van der Waals surface area contributed by atoms with Crippen LogP contribution in [0.3, 0.4) is 0 Å². The van der Waals surface area contributed by atoms with E-state index in [1.165, 1.54) is 62.5 Å². The van der Waals surface area contributed by atoms with Gasteiger partial charge >= 0.3 is 6.09 Å². The van der Waals surface area contributed by atoms with Crippen molar-refractivity contribution in [1.29, 1.82) is 0 Å². The number of unbranched alkanes of at least 4 members (excludes halogenated alkanes) is 5. The molecule has 3 saturated carbocycles. The number of carbonyl (C=O) groups is 1. The third-order valence-electron chi connectivity index (χ3n) is 10.5. The van der Waals surface area contributed by atoms with Gasteiger partial charge in [0.05, 0.1) is 0 Å². The number of aliphatic hydroxyl groups excluding tert-OH is 1. The lowest BCUT2D eigenvalue weighted by molar-refractivity contribution is 0.0892. The van der Waals surface area contributed by atoms with E-state index in [-0.39, 0.29) is 18.8 Å². The lowest BCUT2D eigenvalue weighted by Crippen LogP contribution is -2.36. The highest BCUT2D eigenvalue weighted by Gasteiger charge is 2.50. The molecule has 0 radical (unpaired) electrons. The van der Waals surface area contributed by atoms with Gasteiger partial charge in [0.15, 0.2) is 0 Å². The van der Waals surface area contributed by atoms with Crippen molar-refractivity contribution in [3.05, 3.63) is 35.5 Å². The molecule has 0 aromatic carbocycles. The van der Waals surface area contributed by atoms with Gasteiger partial charge in [0.1, 0.15) is 6.10 Å². The first-order valence-corrected chi connectivity index (χ1v) is 16.9. The topological polar surface area (TPSA) is 58.6 Å². The largest absolute Gasteiger partial charge is 0.446 e. The van der Waals surface area contributed by atoms with Gasteiger partial charge in [-0.3, -0.25) is 0 Å². The van der Waals surface area contributed by atoms with Crippen molar-refractivity contribution < 1.29 is 14.6 Å². The van der Waals surface area contributed by atoms with E-state index in [4.69, 9.17) is 9.84 Å². The minimum atomic E-state index is -0.280. The van der Waals surface area contributed by atoms with Crippen molar-refractivity contribution >= 4 is 6.09 Å². The van der Waals surface area contributed by atoms with Crippen molar-refractivity contribution in [2.75, 3.05) is 13.2 Å². The number of hydrogen-bond donors (Lipinski definition) is 2. The van der Waals surface area contributed by atoms with Gasteiger partial charge in [0, 0.05) is 19.6 Å². The Labute approximate surface area is 246 Å². The molecule has 3 fully saturated rings. The standard InChI is InChI=1S/C36H61NO3/c1-27(2)14-12-15-29(4)33-21-22-34-30(16-13-23-36(33,34)5)18-19-31-26-32(20-17-28(31)3)40-35(39)37-24-10-8-6-7-9-11-25-38/h18-19,27,29,32-34,38H,3,6-17,20-26H2,1-2,4-5H3,(H,37,39). The molecule has 0 bridgehead atoms. The number of alkyl carbamates (subject to hydrolysis) is 1. The summed E-state index contributed by atoms with van der Waals surface area (Å²) in [6, 6.07) is 0. The Hall–Kier alpha value is -1.55. The first-order valence-electron chi connectivity index (χ1n) is 16.9. The van der Waals surface area contributed by atoms with Gasteiger partial charge in [-0.05, 0) is 92.4 Å². The number of hydrogen-bond acceptors (Lipinski definition) is 3. The molecular formula is C36H61NO3. The number of aliphatic hydroxyl groups is 1. The number of allylic oxidation sites excluding steroid dienone is 4. The normalized spacial score (nSPS) is 29.6. The minimum absolute atomic E-state index is 0.0622. The lowest BCUT2D eigenvalue weighted by atomic mass is 9.60. The first-order chi connectivity index (χ1) is 19.2. The summed E-state index contributed by atoms with van der Waals surface area (Å²) in [6.07, 6.45) is 24.1. The molecule has 3 aliphatic carbocycles. The van der Waals surface area contributed by atoms with E-state index in [1.54, 1.807) is 5.57 Å². The summed E-state index contributed by atoms with van der Waals surface area (Å²) in [7, 11) is 0. The van der Waals surface area contributed by atoms with Crippen molar-refractivity contribution in [3.8, 4) is 0 Å². The van der Waals surface area contributed by atoms with Gasteiger partial charge in [-0.1, -0.05) is 103 Å². The third-order valence-corrected chi connectivity index (χ3v) is 10.5. The molecule has 0 spiro atoms. The molecule has 40 heavy (non-hydrogen) atoms. The van der Waals surface area contributed by atoms with Crippen LogP contribution in [0.2, 0.25) is 0 Å². The summed E-state index contributed by atoms with van der Waals surface area (Å²) in [5, 5.41) is 11.8. The van der Waals surface area contributed by atoms with Crippen LogP contribution < -0.4 is 5.32 Å². The Balaban J connectivity index is 1.49. The molecule has 3 rings (SSSR count). The van der Waals surface area contributed by atoms with E-state index in [0.717, 1.165) is 81.5 Å². The molecule has 0 heterocycles. The van der Waals surface area contributed by atoms with Gasteiger partial charge in [0.25, 0.3) is 0 Å². The van der Waals surface area contributed by atoms with Gasteiger partial charge < -0.3 is 15.2 Å². The molecule has 4 nitrogen and oxygen atoms in total. The van der Waals surface area contributed by atoms with E-state index in [9.17, 15) is 4.79 Å². The number of ether oxygens (including phenoxy) is 1. The highest BCUT2D eigenvalue weighted by molar-refractivity contribution is 5.67. The van der Waals surface area contributed by atoms with Crippen molar-refractivity contribution in [1.82, 2.24) is 5.32 Å². The number of carbonyl (C=O) groups excluding carboxylic acids is 1. The number of nitrogens with one attached hydrogen (secondary N) is 1. The van der Waals surface area contributed by atoms with E-state index in [2.05, 4.69) is 51.7 Å². The second-order valence-corrected chi connectivity index (χ2v) is 14.0. The molecule has 5 atom stereocenters. The zero-order chi connectivity index (χ0) is 29.0. The first kappa shape index (κ1) is 33.0. The molecule has 3 aliphatic rings. The molecule has 1 amide bonds. The Morgan fingerprint density at radius 3 is 2.52 bits per heavy atom. The monoisotopic (exact) mass is 555 g/mol. The van der Waals surface area contributed by atoms with Crippen LogP contribution in [0.1, 0.15) is 137 Å². The van der Waals surface area contributed by atoms with Gasteiger partial charge in [0.2, 0.25) is 0 Å². The molecule has 0 aromatic heterocycles. The molecule has 0 aromatic rings. The van der Waals surface area contributed by atoms with Crippen molar-refractivity contribution in [2.24, 2.45) is 29.1 Å². The summed E-state index contributed by atoms with van der Waals surface area (Å²) in [5.41, 5.74) is 4.58. The van der Waals surface area contributed by atoms with Crippen LogP contribution in [0.15, 0.2) is 35.5 Å². The average Bonchev–Trinajstić information content (AvgIpc) is 3.28. The quantitative estimate of drug-likeness (QED) is 0.198. The molecule has 0 aliphatic heterocycles. The fourth-order valence-corrected chi connectivity index (χ4v) is 8.07. The molecule has 2 N–H and O–H groups in total. The van der Waals surface area contributed by atoms with Crippen LogP contribution in [-0.4, -0.2) is 30.5 Å². The Morgan fingerprint density at radius 2 is 1.77 bits per heavy atom. The molecule has 228 valence electrons. The summed E-state index contributed by atoms with van der Waals surface area (Å²) >= 11 is 0. The van der Waals surface area contributed by atoms with Crippen LogP contribution in [0.5, 0.6) is 0 Å². The number of fused-ring (bicyclic) bond motifs is 1. The van der Waals surface area contributed by atoms with Crippen LogP contribution in [0.4, 0.5) is 4.79 Å². The Kier molecular flexibility index (Phi) is 13.8. The maximum atomic E-state index is 12.4. The highest BCUT2D eigenvalue weighted by atomic mass is 16.6. The second-order valence-electron chi connectivity index (χ2n) is 14.0. The van der Waals surface area contributed by atoms with Crippen molar-refractivity contribution in [2.45, 2.75) is 143 Å². The fraction of sp³-hybridized carbons (Fsp3) is 0.806. The SMILES string of the molecule is C=C1CCC(OC(=O)NCCCCCCCCO)CC1=CC=C1CCCC2(C)C1CCC2C(C)CCCC(C)C. The summed E-state index contributed by atoms with van der Waals surface area (Å²) in [6.45, 7) is 15.1. The average molecular weight is 556 g/mol. The van der Waals surface area contributed by atoms with Crippen LogP contribution >= 0.6 is 0 Å². The van der Waals surface area contributed by atoms with Crippen molar-refractivity contribution in [3.63, 3.8) is 0 Å². The van der Waals surface area contributed by atoms with Crippen LogP contribution in [0, 0.1) is 29.1 Å². The zero-order valence-corrected chi connectivity index (χ0v) is 26.4. The van der Waals surface area contributed by atoms with E-state index >= 15 is 0 Å². The van der Waals surface area contributed by atoms with Crippen LogP contribution in [-0.2, 0) is 4.74 Å². The Bertz CT molecular complexity index is 858. The van der Waals surface area contributed by atoms with E-state index < -0.39 is 0 Å². The smallest absolute Gasteiger partial charge is 0.407 e. The zero-order valence-electron chi connectivity index (χ0n) is 26.4. The number of rotatable bonds is 15. The molecular weight excluding hydrogens is 494 g/mol. The predicted molar refractivity (Wildman–Crippen MR) is 168 cm³/mol. The second kappa shape index (κ2) is 16.8. The van der Waals surface area contributed by atoms with E-state index in [1.807, 2.05) is 0 Å². The summed E-state index contributed by atoms with van der Waals surface area (Å²) in [4.78, 5) is 12.4. The summed E-state index contributed by atoms with van der Waals surface area (Å²) < 4.78 is 5.81. The molecule has 4 heteroatoms. The minimum Gasteiger partial charge on any atom is -0.446 e.